The maximum atomic E-state index is 12.3. The molecule has 0 unspecified atom stereocenters. The van der Waals surface area contributed by atoms with Crippen molar-refractivity contribution >= 4 is 16.8 Å². The first kappa shape index (κ1) is 16.4. The summed E-state index contributed by atoms with van der Waals surface area (Å²) in [5.74, 6) is -0.157. The quantitative estimate of drug-likeness (QED) is 0.825. The van der Waals surface area contributed by atoms with E-state index in [1.165, 1.54) is 0 Å². The molecular weight excluding hydrogens is 276 g/mol. The van der Waals surface area contributed by atoms with Gasteiger partial charge in [-0.05, 0) is 36.8 Å². The molecule has 0 radical (unpaired) electrons. The van der Waals surface area contributed by atoms with E-state index in [-0.39, 0.29) is 17.9 Å². The second kappa shape index (κ2) is 7.36. The van der Waals surface area contributed by atoms with Gasteiger partial charge in [-0.25, -0.2) is 4.98 Å². The summed E-state index contributed by atoms with van der Waals surface area (Å²) in [6, 6.07) is 11.4. The molecule has 1 aromatic heterocycles. The Morgan fingerprint density at radius 1 is 1.18 bits per heavy atom. The Morgan fingerprint density at radius 3 is 2.59 bits per heavy atom. The number of aliphatic hydroxyl groups excluding tert-OH is 1. The fraction of sp³-hybridized carbons (Fsp3) is 0.444. The van der Waals surface area contributed by atoms with Crippen molar-refractivity contribution in [2.24, 2.45) is 5.41 Å². The highest BCUT2D eigenvalue weighted by Crippen LogP contribution is 2.29. The third-order valence-electron chi connectivity index (χ3n) is 4.60. The molecule has 0 aliphatic rings. The molecule has 0 saturated heterocycles. The SMILES string of the molecule is CCC(CC)(CCO)CNC(=O)c1ccc2ccccc2n1. The number of carbonyl (C=O) groups excluding carboxylic acids is 1. The summed E-state index contributed by atoms with van der Waals surface area (Å²) in [6.45, 7) is 4.90. The van der Waals surface area contributed by atoms with E-state index in [2.05, 4.69) is 24.1 Å². The van der Waals surface area contributed by atoms with Crippen LogP contribution in [0.4, 0.5) is 0 Å². The highest BCUT2D eigenvalue weighted by molar-refractivity contribution is 5.94. The molecule has 0 atom stereocenters. The smallest absolute Gasteiger partial charge is 0.269 e. The Morgan fingerprint density at radius 2 is 1.91 bits per heavy atom. The molecule has 0 spiro atoms. The van der Waals surface area contributed by atoms with Gasteiger partial charge in [-0.2, -0.15) is 0 Å². The Balaban J connectivity index is 2.10. The average Bonchev–Trinajstić information content (AvgIpc) is 2.58. The lowest BCUT2D eigenvalue weighted by Crippen LogP contribution is -2.38. The molecule has 0 aliphatic heterocycles. The normalized spacial score (nSPS) is 11.6. The van der Waals surface area contributed by atoms with Crippen molar-refractivity contribution in [3.63, 3.8) is 0 Å². The zero-order chi connectivity index (χ0) is 16.0. The minimum atomic E-state index is -0.157. The molecule has 1 heterocycles. The number of nitrogens with zero attached hydrogens (tertiary/aromatic N) is 1. The molecule has 1 amide bonds. The van der Waals surface area contributed by atoms with Gasteiger partial charge in [0.05, 0.1) is 5.52 Å². The number of benzene rings is 1. The number of aliphatic hydroxyl groups is 1. The molecule has 0 aliphatic carbocycles. The van der Waals surface area contributed by atoms with Crippen LogP contribution in [0.5, 0.6) is 0 Å². The van der Waals surface area contributed by atoms with Crippen LogP contribution >= 0.6 is 0 Å². The average molecular weight is 300 g/mol. The van der Waals surface area contributed by atoms with Crippen LogP contribution in [0.3, 0.4) is 0 Å². The van der Waals surface area contributed by atoms with Crippen LogP contribution < -0.4 is 5.32 Å². The molecular formula is C18H24N2O2. The van der Waals surface area contributed by atoms with Gasteiger partial charge < -0.3 is 10.4 Å². The van der Waals surface area contributed by atoms with Gasteiger partial charge in [0.2, 0.25) is 0 Å². The van der Waals surface area contributed by atoms with Gasteiger partial charge in [-0.1, -0.05) is 38.1 Å². The van der Waals surface area contributed by atoms with Crippen molar-refractivity contribution < 1.29 is 9.90 Å². The minimum absolute atomic E-state index is 0.0404. The van der Waals surface area contributed by atoms with E-state index >= 15 is 0 Å². The first-order valence-corrected chi connectivity index (χ1v) is 7.89. The molecule has 22 heavy (non-hydrogen) atoms. The number of carbonyl (C=O) groups is 1. The lowest BCUT2D eigenvalue weighted by Gasteiger charge is -2.31. The van der Waals surface area contributed by atoms with Gasteiger partial charge in [0.15, 0.2) is 0 Å². The number of nitrogens with one attached hydrogen (secondary N) is 1. The van der Waals surface area contributed by atoms with Gasteiger partial charge in [0.25, 0.3) is 5.91 Å². The highest BCUT2D eigenvalue weighted by atomic mass is 16.3. The molecule has 4 heteroatoms. The number of para-hydroxylation sites is 1. The molecule has 2 aromatic rings. The van der Waals surface area contributed by atoms with Crippen molar-refractivity contribution in [2.75, 3.05) is 13.2 Å². The predicted octanol–water partition coefficient (Wildman–Crippen LogP) is 3.15. The first-order valence-electron chi connectivity index (χ1n) is 7.89. The standard InChI is InChI=1S/C18H24N2O2/c1-3-18(4-2,11-12-21)13-19-17(22)16-10-9-14-7-5-6-8-15(14)20-16/h5-10,21H,3-4,11-13H2,1-2H3,(H,19,22). The molecule has 4 nitrogen and oxygen atoms in total. The Hall–Kier alpha value is -1.94. The summed E-state index contributed by atoms with van der Waals surface area (Å²) in [5, 5.41) is 13.2. The number of hydrogen-bond donors (Lipinski definition) is 2. The van der Waals surface area contributed by atoms with Crippen LogP contribution in [0.25, 0.3) is 10.9 Å². The van der Waals surface area contributed by atoms with Crippen molar-refractivity contribution in [1.82, 2.24) is 10.3 Å². The van der Waals surface area contributed by atoms with E-state index in [1.54, 1.807) is 6.07 Å². The zero-order valence-electron chi connectivity index (χ0n) is 13.3. The zero-order valence-corrected chi connectivity index (χ0v) is 13.3. The van der Waals surface area contributed by atoms with Gasteiger partial charge in [-0.3, -0.25) is 4.79 Å². The molecule has 1 aromatic carbocycles. The molecule has 0 saturated carbocycles. The Labute approximate surface area is 131 Å². The Bertz CT molecular complexity index is 636. The number of pyridine rings is 1. The molecule has 0 fully saturated rings. The number of aromatic nitrogens is 1. The highest BCUT2D eigenvalue weighted by Gasteiger charge is 2.26. The summed E-state index contributed by atoms with van der Waals surface area (Å²) in [7, 11) is 0. The van der Waals surface area contributed by atoms with Crippen LogP contribution in [0.2, 0.25) is 0 Å². The Kier molecular flexibility index (Phi) is 5.50. The van der Waals surface area contributed by atoms with Crippen LogP contribution in [-0.4, -0.2) is 29.1 Å². The monoisotopic (exact) mass is 300 g/mol. The first-order chi connectivity index (χ1) is 10.6. The summed E-state index contributed by atoms with van der Waals surface area (Å²) in [4.78, 5) is 16.7. The van der Waals surface area contributed by atoms with Gasteiger partial charge >= 0.3 is 0 Å². The summed E-state index contributed by atoms with van der Waals surface area (Å²) in [5.41, 5.74) is 1.22. The largest absolute Gasteiger partial charge is 0.396 e. The third kappa shape index (κ3) is 3.63. The van der Waals surface area contributed by atoms with Gasteiger partial charge in [0.1, 0.15) is 5.69 Å². The van der Waals surface area contributed by atoms with E-state index < -0.39 is 0 Å². The van der Waals surface area contributed by atoms with Crippen molar-refractivity contribution in [1.29, 1.82) is 0 Å². The fourth-order valence-corrected chi connectivity index (χ4v) is 2.73. The second-order valence-corrected chi connectivity index (χ2v) is 5.75. The minimum Gasteiger partial charge on any atom is -0.396 e. The van der Waals surface area contributed by atoms with Crippen molar-refractivity contribution in [3.8, 4) is 0 Å². The van der Waals surface area contributed by atoms with Crippen LogP contribution in [0, 0.1) is 5.41 Å². The topological polar surface area (TPSA) is 62.2 Å². The number of fused-ring (bicyclic) bond motifs is 1. The summed E-state index contributed by atoms with van der Waals surface area (Å²) < 4.78 is 0. The van der Waals surface area contributed by atoms with Crippen LogP contribution in [-0.2, 0) is 0 Å². The molecule has 2 rings (SSSR count). The maximum Gasteiger partial charge on any atom is 0.269 e. The summed E-state index contributed by atoms with van der Waals surface area (Å²) in [6.07, 6.45) is 2.55. The fourth-order valence-electron chi connectivity index (χ4n) is 2.73. The van der Waals surface area contributed by atoms with E-state index in [1.807, 2.05) is 30.3 Å². The van der Waals surface area contributed by atoms with Crippen molar-refractivity contribution in [2.45, 2.75) is 33.1 Å². The molecule has 0 bridgehead atoms. The summed E-state index contributed by atoms with van der Waals surface area (Å²) >= 11 is 0. The van der Waals surface area contributed by atoms with Crippen LogP contribution in [0.1, 0.15) is 43.6 Å². The lowest BCUT2D eigenvalue weighted by molar-refractivity contribution is 0.0902. The predicted molar refractivity (Wildman–Crippen MR) is 88.8 cm³/mol. The van der Waals surface area contributed by atoms with E-state index in [0.29, 0.717) is 18.7 Å². The lowest BCUT2D eigenvalue weighted by atomic mass is 9.79. The van der Waals surface area contributed by atoms with Gasteiger partial charge in [-0.15, -0.1) is 0 Å². The molecule has 118 valence electrons. The van der Waals surface area contributed by atoms with E-state index in [0.717, 1.165) is 23.7 Å². The maximum absolute atomic E-state index is 12.3. The second-order valence-electron chi connectivity index (χ2n) is 5.75. The van der Waals surface area contributed by atoms with Crippen LogP contribution in [0.15, 0.2) is 36.4 Å². The third-order valence-corrected chi connectivity index (χ3v) is 4.60. The van der Waals surface area contributed by atoms with E-state index in [9.17, 15) is 9.90 Å². The number of rotatable bonds is 7. The number of hydrogen-bond acceptors (Lipinski definition) is 3. The number of amides is 1. The van der Waals surface area contributed by atoms with Gasteiger partial charge in [0, 0.05) is 18.5 Å². The molecule has 2 N–H and O–H groups in total. The van der Waals surface area contributed by atoms with E-state index in [4.69, 9.17) is 0 Å². The van der Waals surface area contributed by atoms with Crippen molar-refractivity contribution in [3.05, 3.63) is 42.1 Å².